The van der Waals surface area contributed by atoms with Gasteiger partial charge >= 0.3 is 0 Å². The minimum Gasteiger partial charge on any atom is -0.327 e. The Kier molecular flexibility index (Phi) is 4.54. The van der Waals surface area contributed by atoms with Crippen LogP contribution in [-0.4, -0.2) is 24.5 Å². The van der Waals surface area contributed by atoms with Crippen LogP contribution in [0.4, 0.5) is 0 Å². The van der Waals surface area contributed by atoms with Crippen molar-refractivity contribution in [3.05, 3.63) is 34.9 Å². The first-order valence-corrected chi connectivity index (χ1v) is 7.51. The molecular formula is C16H25ClN2. The molecule has 0 aromatic heterocycles. The van der Waals surface area contributed by atoms with E-state index in [0.29, 0.717) is 12.1 Å². The molecule has 0 amide bonds. The lowest BCUT2D eigenvalue weighted by Gasteiger charge is -2.36. The lowest BCUT2D eigenvalue weighted by molar-refractivity contribution is 0.145. The highest BCUT2D eigenvalue weighted by atomic mass is 35.5. The third-order valence-electron chi connectivity index (χ3n) is 4.78. The number of halogens is 1. The van der Waals surface area contributed by atoms with Gasteiger partial charge in [-0.1, -0.05) is 37.1 Å². The summed E-state index contributed by atoms with van der Waals surface area (Å²) in [6.07, 6.45) is 3.67. The molecule has 1 aromatic carbocycles. The highest BCUT2D eigenvalue weighted by molar-refractivity contribution is 6.30. The Balaban J connectivity index is 2.03. The third kappa shape index (κ3) is 3.31. The zero-order valence-corrected chi connectivity index (χ0v) is 13.0. The fourth-order valence-electron chi connectivity index (χ4n) is 3.16. The van der Waals surface area contributed by atoms with E-state index in [1.807, 2.05) is 12.1 Å². The Morgan fingerprint density at radius 3 is 2.58 bits per heavy atom. The maximum Gasteiger partial charge on any atom is 0.0406 e. The Hall–Kier alpha value is -0.570. The lowest BCUT2D eigenvalue weighted by atomic mass is 9.84. The first kappa shape index (κ1) is 14.8. The maximum absolute atomic E-state index is 6.28. The summed E-state index contributed by atoms with van der Waals surface area (Å²) in [6, 6.07) is 8.88. The Morgan fingerprint density at radius 2 is 2.05 bits per heavy atom. The van der Waals surface area contributed by atoms with Gasteiger partial charge in [-0.15, -0.1) is 0 Å². The second-order valence-electron chi connectivity index (χ2n) is 6.30. The molecule has 106 valence electrons. The van der Waals surface area contributed by atoms with Crippen LogP contribution in [0.3, 0.4) is 0 Å². The van der Waals surface area contributed by atoms with Gasteiger partial charge in [0.15, 0.2) is 0 Å². The van der Waals surface area contributed by atoms with E-state index in [1.54, 1.807) is 0 Å². The molecule has 3 unspecified atom stereocenters. The number of rotatable bonds is 4. The molecule has 0 saturated heterocycles. The van der Waals surface area contributed by atoms with E-state index in [9.17, 15) is 0 Å². The van der Waals surface area contributed by atoms with Gasteiger partial charge in [-0.05, 0) is 49.9 Å². The first-order chi connectivity index (χ1) is 8.92. The molecule has 2 rings (SSSR count). The smallest absolute Gasteiger partial charge is 0.0406 e. The fraction of sp³-hybridized carbons (Fsp3) is 0.625. The number of nitrogens with two attached hydrogens (primary N) is 1. The van der Waals surface area contributed by atoms with Gasteiger partial charge in [-0.2, -0.15) is 0 Å². The molecule has 0 heterocycles. The number of hydrogen-bond acceptors (Lipinski definition) is 2. The van der Waals surface area contributed by atoms with E-state index in [4.69, 9.17) is 17.3 Å². The van der Waals surface area contributed by atoms with E-state index >= 15 is 0 Å². The summed E-state index contributed by atoms with van der Waals surface area (Å²) in [4.78, 5) is 2.41. The molecule has 3 heteroatoms. The van der Waals surface area contributed by atoms with Gasteiger partial charge in [0.05, 0.1) is 0 Å². The summed E-state index contributed by atoms with van der Waals surface area (Å²) in [7, 11) is 2.19. The van der Waals surface area contributed by atoms with Crippen molar-refractivity contribution in [3.8, 4) is 0 Å². The van der Waals surface area contributed by atoms with Gasteiger partial charge < -0.3 is 5.73 Å². The SMILES string of the molecule is CC(c1ccc(Cl)cc1)N(C)CC1(C)CCCC1N. The number of benzene rings is 1. The van der Waals surface area contributed by atoms with Crippen molar-refractivity contribution in [2.45, 2.75) is 45.2 Å². The number of nitrogens with zero attached hydrogens (tertiary/aromatic N) is 1. The molecule has 0 bridgehead atoms. The average Bonchev–Trinajstić information content (AvgIpc) is 2.69. The van der Waals surface area contributed by atoms with E-state index in [0.717, 1.165) is 11.6 Å². The van der Waals surface area contributed by atoms with Crippen molar-refractivity contribution in [2.24, 2.45) is 11.1 Å². The van der Waals surface area contributed by atoms with Crippen LogP contribution >= 0.6 is 11.6 Å². The van der Waals surface area contributed by atoms with Gasteiger partial charge in [0, 0.05) is 23.7 Å². The minimum absolute atomic E-state index is 0.259. The van der Waals surface area contributed by atoms with E-state index in [1.165, 1.54) is 24.8 Å². The van der Waals surface area contributed by atoms with Crippen LogP contribution in [0.1, 0.15) is 44.7 Å². The second-order valence-corrected chi connectivity index (χ2v) is 6.73. The summed E-state index contributed by atoms with van der Waals surface area (Å²) < 4.78 is 0. The Labute approximate surface area is 121 Å². The molecule has 1 aliphatic carbocycles. The van der Waals surface area contributed by atoms with Crippen molar-refractivity contribution < 1.29 is 0 Å². The monoisotopic (exact) mass is 280 g/mol. The van der Waals surface area contributed by atoms with E-state index in [-0.39, 0.29) is 5.41 Å². The molecule has 0 radical (unpaired) electrons. The predicted octanol–water partition coefficient (Wildman–Crippen LogP) is 3.85. The van der Waals surface area contributed by atoms with Gasteiger partial charge in [0.2, 0.25) is 0 Å². The summed E-state index contributed by atoms with van der Waals surface area (Å²) in [5.41, 5.74) is 7.84. The summed E-state index contributed by atoms with van der Waals surface area (Å²) in [6.45, 7) is 5.63. The van der Waals surface area contributed by atoms with Crippen LogP contribution < -0.4 is 5.73 Å². The number of hydrogen-bond donors (Lipinski definition) is 1. The molecule has 2 N–H and O–H groups in total. The van der Waals surface area contributed by atoms with Gasteiger partial charge in [-0.3, -0.25) is 4.90 Å². The van der Waals surface area contributed by atoms with Crippen LogP contribution in [0.5, 0.6) is 0 Å². The Morgan fingerprint density at radius 1 is 1.42 bits per heavy atom. The molecule has 3 atom stereocenters. The summed E-state index contributed by atoms with van der Waals surface area (Å²) >= 11 is 5.94. The molecule has 1 aromatic rings. The quantitative estimate of drug-likeness (QED) is 0.908. The van der Waals surface area contributed by atoms with E-state index < -0.39 is 0 Å². The summed E-state index contributed by atoms with van der Waals surface area (Å²) in [5, 5.41) is 0.795. The minimum atomic E-state index is 0.259. The van der Waals surface area contributed by atoms with Gasteiger partial charge in [0.1, 0.15) is 0 Å². The fourth-order valence-corrected chi connectivity index (χ4v) is 3.28. The van der Waals surface area contributed by atoms with E-state index in [2.05, 4.69) is 37.9 Å². The molecule has 1 saturated carbocycles. The molecule has 1 aliphatic rings. The van der Waals surface area contributed by atoms with Crippen molar-refractivity contribution in [1.29, 1.82) is 0 Å². The van der Waals surface area contributed by atoms with Crippen LogP contribution in [0.25, 0.3) is 0 Å². The van der Waals surface area contributed by atoms with Crippen molar-refractivity contribution in [2.75, 3.05) is 13.6 Å². The third-order valence-corrected chi connectivity index (χ3v) is 5.03. The van der Waals surface area contributed by atoms with Crippen LogP contribution in [0.2, 0.25) is 5.02 Å². The van der Waals surface area contributed by atoms with Crippen molar-refractivity contribution in [1.82, 2.24) is 4.90 Å². The molecular weight excluding hydrogens is 256 g/mol. The zero-order chi connectivity index (χ0) is 14.0. The second kappa shape index (κ2) is 5.82. The molecule has 0 aliphatic heterocycles. The van der Waals surface area contributed by atoms with Gasteiger partial charge in [0.25, 0.3) is 0 Å². The van der Waals surface area contributed by atoms with Crippen LogP contribution in [0.15, 0.2) is 24.3 Å². The molecule has 19 heavy (non-hydrogen) atoms. The zero-order valence-electron chi connectivity index (χ0n) is 12.2. The standard InChI is InChI=1S/C16H25ClN2/c1-12(13-6-8-14(17)9-7-13)19(3)11-16(2)10-4-5-15(16)18/h6-9,12,15H,4-5,10-11,18H2,1-3H3. The summed E-state index contributed by atoms with van der Waals surface area (Å²) in [5.74, 6) is 0. The highest BCUT2D eigenvalue weighted by Crippen LogP contribution is 2.38. The highest BCUT2D eigenvalue weighted by Gasteiger charge is 2.37. The van der Waals surface area contributed by atoms with Crippen molar-refractivity contribution >= 4 is 11.6 Å². The predicted molar refractivity (Wildman–Crippen MR) is 82.4 cm³/mol. The normalized spacial score (nSPS) is 28.8. The van der Waals surface area contributed by atoms with Gasteiger partial charge in [-0.25, -0.2) is 0 Å². The lowest BCUT2D eigenvalue weighted by Crippen LogP contribution is -2.43. The molecule has 0 spiro atoms. The van der Waals surface area contributed by atoms with Crippen LogP contribution in [0, 0.1) is 5.41 Å². The maximum atomic E-state index is 6.28. The Bertz CT molecular complexity index is 417. The first-order valence-electron chi connectivity index (χ1n) is 7.14. The molecule has 1 fully saturated rings. The average molecular weight is 281 g/mol. The van der Waals surface area contributed by atoms with Crippen molar-refractivity contribution in [3.63, 3.8) is 0 Å². The topological polar surface area (TPSA) is 29.3 Å². The van der Waals surface area contributed by atoms with Crippen LogP contribution in [-0.2, 0) is 0 Å². The molecule has 2 nitrogen and oxygen atoms in total. The largest absolute Gasteiger partial charge is 0.327 e.